The third-order valence-electron chi connectivity index (χ3n) is 3.84. The van der Waals surface area contributed by atoms with Gasteiger partial charge in [0, 0.05) is 11.8 Å². The maximum Gasteiger partial charge on any atom is 0.317 e. The van der Waals surface area contributed by atoms with Crippen molar-refractivity contribution in [2.45, 2.75) is 27.2 Å². The van der Waals surface area contributed by atoms with Crippen molar-refractivity contribution in [2.75, 3.05) is 0 Å². The average molecular weight is 360 g/mol. The van der Waals surface area contributed by atoms with Crippen LogP contribution in [0.4, 0.5) is 0 Å². The molecule has 3 rings (SSSR count). The van der Waals surface area contributed by atoms with Crippen LogP contribution in [0.25, 0.3) is 10.8 Å². The fourth-order valence-corrected chi connectivity index (χ4v) is 2.70. The third kappa shape index (κ3) is 5.42. The van der Waals surface area contributed by atoms with Crippen LogP contribution in [0.3, 0.4) is 0 Å². The molecule has 0 unspecified atom stereocenters. The molecule has 4 nitrogen and oxygen atoms in total. The van der Waals surface area contributed by atoms with Crippen molar-refractivity contribution in [3.63, 3.8) is 0 Å². The van der Waals surface area contributed by atoms with Gasteiger partial charge in [0.25, 0.3) is 0 Å². The fraction of sp³-hybridized carbons (Fsp3) is 0.217. The smallest absolute Gasteiger partial charge is 0.317 e. The lowest BCUT2D eigenvalue weighted by Crippen LogP contribution is -2.20. The quantitative estimate of drug-likeness (QED) is 0.455. The number of hydrogen-bond acceptors (Lipinski definition) is 3. The van der Waals surface area contributed by atoms with E-state index in [1.54, 1.807) is 0 Å². The van der Waals surface area contributed by atoms with Gasteiger partial charge in [-0.1, -0.05) is 75.4 Å². The van der Waals surface area contributed by atoms with Crippen LogP contribution in [-0.4, -0.2) is 11.9 Å². The molecule has 27 heavy (non-hydrogen) atoms. The zero-order chi connectivity index (χ0) is 19.3. The van der Waals surface area contributed by atoms with Gasteiger partial charge in [0.15, 0.2) is 5.90 Å². The molecule has 138 valence electrons. The van der Waals surface area contributed by atoms with E-state index >= 15 is 0 Å². The number of aliphatic imine (C=N–C) groups is 1. The molecule has 0 bridgehead atoms. The van der Waals surface area contributed by atoms with Crippen LogP contribution in [0.15, 0.2) is 77.8 Å². The monoisotopic (exact) mass is 360 g/mol. The number of para-hydroxylation sites is 1. The number of fused-ring (bicyclic) bond motifs is 1. The summed E-state index contributed by atoms with van der Waals surface area (Å²) in [5.41, 5.74) is -0.0344. The number of benzene rings is 3. The Bertz CT molecular complexity index is 952. The topological polar surface area (TPSA) is 54.7 Å². The molecule has 0 heterocycles. The second-order valence-corrected chi connectivity index (χ2v) is 7.54. The van der Waals surface area contributed by atoms with Gasteiger partial charge in [0.1, 0.15) is 11.5 Å². The molecule has 0 saturated heterocycles. The minimum absolute atomic E-state index is 0.0344. The molecule has 3 aromatic carbocycles. The van der Waals surface area contributed by atoms with E-state index < -0.39 is 0 Å². The van der Waals surface area contributed by atoms with Crippen LogP contribution in [0.5, 0.6) is 11.5 Å². The normalized spacial score (nSPS) is 12.0. The summed E-state index contributed by atoms with van der Waals surface area (Å²) in [5.74, 6) is 1.76. The summed E-state index contributed by atoms with van der Waals surface area (Å²) >= 11 is 0. The lowest BCUT2D eigenvalue weighted by atomic mass is 9.92. The van der Waals surface area contributed by atoms with Crippen molar-refractivity contribution >= 4 is 22.7 Å². The summed E-state index contributed by atoms with van der Waals surface area (Å²) in [7, 11) is 0. The zero-order valence-corrected chi connectivity index (χ0v) is 15.9. The van der Waals surface area contributed by atoms with Crippen molar-refractivity contribution in [3.05, 3.63) is 72.8 Å². The molecular formula is C23H24N2O2. The van der Waals surface area contributed by atoms with Gasteiger partial charge < -0.3 is 9.47 Å². The Morgan fingerprint density at radius 3 is 2.26 bits per heavy atom. The minimum Gasteiger partial charge on any atom is -0.443 e. The maximum atomic E-state index is 8.22. The van der Waals surface area contributed by atoms with Crippen LogP contribution >= 0.6 is 0 Å². The summed E-state index contributed by atoms with van der Waals surface area (Å²) in [4.78, 5) is 4.31. The van der Waals surface area contributed by atoms with E-state index in [4.69, 9.17) is 14.9 Å². The lowest BCUT2D eigenvalue weighted by molar-refractivity contribution is 0.396. The van der Waals surface area contributed by atoms with Gasteiger partial charge in [-0.15, -0.1) is 0 Å². The molecule has 0 radical (unpaired) electrons. The summed E-state index contributed by atoms with van der Waals surface area (Å²) < 4.78 is 11.6. The molecule has 0 aromatic heterocycles. The highest BCUT2D eigenvalue weighted by Gasteiger charge is 2.18. The maximum absolute atomic E-state index is 8.22. The summed E-state index contributed by atoms with van der Waals surface area (Å²) in [6.07, 6.45) is 0.586. The molecule has 1 N–H and O–H groups in total. The largest absolute Gasteiger partial charge is 0.443 e. The molecule has 0 spiro atoms. The SMILES string of the molecule is CC(C)(C)CC(=NC(=N)Oc1cccc2ccccc12)Oc1ccccc1. The van der Waals surface area contributed by atoms with Crippen molar-refractivity contribution < 1.29 is 9.47 Å². The molecule has 0 amide bonds. The predicted molar refractivity (Wildman–Crippen MR) is 111 cm³/mol. The average Bonchev–Trinajstić information content (AvgIpc) is 2.61. The number of nitrogens with zero attached hydrogens (tertiary/aromatic N) is 1. The molecule has 0 aliphatic heterocycles. The van der Waals surface area contributed by atoms with Gasteiger partial charge in [-0.3, -0.25) is 0 Å². The number of rotatable bonds is 3. The van der Waals surface area contributed by atoms with E-state index in [-0.39, 0.29) is 11.4 Å². The van der Waals surface area contributed by atoms with E-state index in [2.05, 4.69) is 25.8 Å². The Morgan fingerprint density at radius 2 is 1.52 bits per heavy atom. The van der Waals surface area contributed by atoms with Crippen molar-refractivity contribution in [3.8, 4) is 11.5 Å². The first-order valence-corrected chi connectivity index (χ1v) is 8.95. The molecule has 0 fully saturated rings. The summed E-state index contributed by atoms with van der Waals surface area (Å²) in [6.45, 7) is 6.31. The third-order valence-corrected chi connectivity index (χ3v) is 3.84. The first kappa shape index (κ1) is 18.6. The molecule has 0 saturated carbocycles. The van der Waals surface area contributed by atoms with Gasteiger partial charge >= 0.3 is 6.02 Å². The van der Waals surface area contributed by atoms with E-state index in [1.165, 1.54) is 0 Å². The highest BCUT2D eigenvalue weighted by atomic mass is 16.5. The summed E-state index contributed by atoms with van der Waals surface area (Å²) in [5, 5.41) is 10.2. The van der Waals surface area contributed by atoms with E-state index in [9.17, 15) is 0 Å². The number of hydrogen-bond donors (Lipinski definition) is 1. The first-order chi connectivity index (χ1) is 12.9. The molecular weight excluding hydrogens is 336 g/mol. The molecule has 4 heteroatoms. The molecule has 0 aliphatic rings. The van der Waals surface area contributed by atoms with E-state index in [0.29, 0.717) is 23.8 Å². The van der Waals surface area contributed by atoms with Crippen LogP contribution < -0.4 is 9.47 Å². The number of amidine groups is 1. The standard InChI is InChI=1S/C23H24N2O2/c1-23(2,3)16-21(26-18-12-5-4-6-13-18)25-22(24)27-20-15-9-11-17-10-7-8-14-19(17)20/h4-15,24H,16H2,1-3H3. The predicted octanol–water partition coefficient (Wildman–Crippen LogP) is 6.07. The number of ether oxygens (including phenoxy) is 2. The van der Waals surface area contributed by atoms with Crippen LogP contribution in [0, 0.1) is 10.8 Å². The van der Waals surface area contributed by atoms with Crippen molar-refractivity contribution in [2.24, 2.45) is 10.4 Å². The van der Waals surface area contributed by atoms with Gasteiger partial charge in [-0.2, -0.15) is 4.99 Å². The van der Waals surface area contributed by atoms with Gasteiger partial charge in [-0.25, -0.2) is 5.41 Å². The van der Waals surface area contributed by atoms with Crippen LogP contribution in [0.1, 0.15) is 27.2 Å². The lowest BCUT2D eigenvalue weighted by Gasteiger charge is -2.19. The zero-order valence-electron chi connectivity index (χ0n) is 15.9. The van der Waals surface area contributed by atoms with Crippen LogP contribution in [0.2, 0.25) is 0 Å². The summed E-state index contributed by atoms with van der Waals surface area (Å²) in [6, 6.07) is 23.0. The number of nitrogens with one attached hydrogen (secondary N) is 1. The molecule has 3 aromatic rings. The van der Waals surface area contributed by atoms with E-state index in [1.807, 2.05) is 72.8 Å². The van der Waals surface area contributed by atoms with Gasteiger partial charge in [0.2, 0.25) is 0 Å². The van der Waals surface area contributed by atoms with Gasteiger partial charge in [-0.05, 0) is 29.0 Å². The second-order valence-electron chi connectivity index (χ2n) is 7.54. The molecule has 0 atom stereocenters. The minimum atomic E-state index is -0.193. The Labute approximate surface area is 160 Å². The first-order valence-electron chi connectivity index (χ1n) is 8.95. The molecule has 0 aliphatic carbocycles. The van der Waals surface area contributed by atoms with Crippen LogP contribution in [-0.2, 0) is 0 Å². The van der Waals surface area contributed by atoms with Gasteiger partial charge in [0.05, 0.1) is 0 Å². The van der Waals surface area contributed by atoms with Crippen molar-refractivity contribution in [1.29, 1.82) is 5.41 Å². The van der Waals surface area contributed by atoms with Crippen molar-refractivity contribution in [1.82, 2.24) is 0 Å². The highest BCUT2D eigenvalue weighted by Crippen LogP contribution is 2.26. The highest BCUT2D eigenvalue weighted by molar-refractivity contribution is 5.94. The Hall–Kier alpha value is -3.14. The fourth-order valence-electron chi connectivity index (χ4n) is 2.70. The Morgan fingerprint density at radius 1 is 0.852 bits per heavy atom. The Balaban J connectivity index is 1.83. The Kier molecular flexibility index (Phi) is 5.55. The second kappa shape index (κ2) is 8.04. The van der Waals surface area contributed by atoms with E-state index in [0.717, 1.165) is 10.8 Å².